The second-order valence-corrected chi connectivity index (χ2v) is 7.53. The van der Waals surface area contributed by atoms with Gasteiger partial charge in [0.2, 0.25) is 0 Å². The van der Waals surface area contributed by atoms with Crippen LogP contribution >= 0.6 is 0 Å². The predicted molar refractivity (Wildman–Crippen MR) is 92.1 cm³/mol. The molecule has 0 N–H and O–H groups in total. The number of sulfone groups is 1. The second-order valence-electron chi connectivity index (χ2n) is 5.51. The van der Waals surface area contributed by atoms with E-state index in [2.05, 4.69) is 4.98 Å². The van der Waals surface area contributed by atoms with Crippen LogP contribution in [-0.4, -0.2) is 31.3 Å². The van der Waals surface area contributed by atoms with Crippen LogP contribution < -0.4 is 10.3 Å². The number of benzene rings is 1. The largest absolute Gasteiger partial charge is 0.496 e. The van der Waals surface area contributed by atoms with E-state index in [0.29, 0.717) is 27.6 Å². The van der Waals surface area contributed by atoms with E-state index in [-0.39, 0.29) is 10.5 Å². The molecule has 1 aromatic carbocycles. The Morgan fingerprint density at radius 2 is 1.88 bits per heavy atom. The Balaban J connectivity index is 2.44. The SMILES string of the molecule is COc1ccc(S(C)(=O)=O)cc1-c1cn(C)c(=O)c2ccncc12. The van der Waals surface area contributed by atoms with Gasteiger partial charge in [-0.25, -0.2) is 8.42 Å². The molecule has 3 aromatic rings. The normalized spacial score (nSPS) is 11.6. The van der Waals surface area contributed by atoms with Crippen molar-refractivity contribution in [1.82, 2.24) is 9.55 Å². The van der Waals surface area contributed by atoms with Gasteiger partial charge < -0.3 is 9.30 Å². The summed E-state index contributed by atoms with van der Waals surface area (Å²) in [6.45, 7) is 0. The van der Waals surface area contributed by atoms with Gasteiger partial charge in [0.15, 0.2) is 9.84 Å². The number of methoxy groups -OCH3 is 1. The average molecular weight is 344 g/mol. The van der Waals surface area contributed by atoms with Crippen LogP contribution in [0.5, 0.6) is 5.75 Å². The Hall–Kier alpha value is -2.67. The highest BCUT2D eigenvalue weighted by molar-refractivity contribution is 7.90. The molecule has 0 fully saturated rings. The minimum absolute atomic E-state index is 0.144. The molecule has 0 unspecified atom stereocenters. The fraction of sp³-hybridized carbons (Fsp3) is 0.176. The molecule has 0 saturated heterocycles. The quantitative estimate of drug-likeness (QED) is 0.726. The minimum Gasteiger partial charge on any atom is -0.496 e. The molecule has 0 saturated carbocycles. The number of hydrogen-bond donors (Lipinski definition) is 0. The summed E-state index contributed by atoms with van der Waals surface area (Å²) in [5.74, 6) is 0.520. The number of hydrogen-bond acceptors (Lipinski definition) is 5. The molecule has 0 aliphatic carbocycles. The van der Waals surface area contributed by atoms with Gasteiger partial charge >= 0.3 is 0 Å². The van der Waals surface area contributed by atoms with Crippen molar-refractivity contribution in [3.05, 3.63) is 53.2 Å². The van der Waals surface area contributed by atoms with Crippen molar-refractivity contribution in [2.45, 2.75) is 4.90 Å². The highest BCUT2D eigenvalue weighted by atomic mass is 32.2. The molecule has 7 heteroatoms. The van der Waals surface area contributed by atoms with Crippen LogP contribution in [-0.2, 0) is 16.9 Å². The van der Waals surface area contributed by atoms with Crippen LogP contribution in [0.4, 0.5) is 0 Å². The third kappa shape index (κ3) is 2.67. The molecule has 0 bridgehead atoms. The number of aromatic nitrogens is 2. The van der Waals surface area contributed by atoms with E-state index in [1.165, 1.54) is 17.7 Å². The van der Waals surface area contributed by atoms with E-state index in [9.17, 15) is 13.2 Å². The fourth-order valence-corrected chi connectivity index (χ4v) is 3.30. The molecule has 0 atom stereocenters. The summed E-state index contributed by atoms with van der Waals surface area (Å²) in [5.41, 5.74) is 1.13. The first-order valence-electron chi connectivity index (χ1n) is 7.15. The Morgan fingerprint density at radius 3 is 2.54 bits per heavy atom. The van der Waals surface area contributed by atoms with Gasteiger partial charge in [0.05, 0.1) is 17.4 Å². The number of pyridine rings is 2. The molecule has 124 valence electrons. The molecule has 0 aliphatic heterocycles. The van der Waals surface area contributed by atoms with Gasteiger partial charge in [0, 0.05) is 48.4 Å². The predicted octanol–water partition coefficient (Wildman–Crippen LogP) is 2.01. The van der Waals surface area contributed by atoms with E-state index in [1.807, 2.05) is 0 Å². The summed E-state index contributed by atoms with van der Waals surface area (Å²) < 4.78 is 30.6. The van der Waals surface area contributed by atoms with Gasteiger partial charge in [0.25, 0.3) is 5.56 Å². The smallest absolute Gasteiger partial charge is 0.258 e. The third-order valence-corrected chi connectivity index (χ3v) is 4.98. The van der Waals surface area contributed by atoms with Gasteiger partial charge in [-0.3, -0.25) is 9.78 Å². The van der Waals surface area contributed by atoms with E-state index in [0.717, 1.165) is 6.26 Å². The molecular weight excluding hydrogens is 328 g/mol. The van der Waals surface area contributed by atoms with Crippen molar-refractivity contribution in [2.75, 3.05) is 13.4 Å². The average Bonchev–Trinajstić information content (AvgIpc) is 2.57. The van der Waals surface area contributed by atoms with Gasteiger partial charge in [-0.1, -0.05) is 0 Å². The summed E-state index contributed by atoms with van der Waals surface area (Å²) in [6, 6.07) is 6.31. The number of nitrogens with zero attached hydrogens (tertiary/aromatic N) is 2. The first-order valence-corrected chi connectivity index (χ1v) is 9.04. The summed E-state index contributed by atoms with van der Waals surface area (Å²) in [7, 11) is -0.203. The zero-order valence-electron chi connectivity index (χ0n) is 13.5. The zero-order chi connectivity index (χ0) is 17.5. The first-order chi connectivity index (χ1) is 11.3. The van der Waals surface area contributed by atoms with Gasteiger partial charge in [-0.05, 0) is 24.3 Å². The standard InChI is InChI=1S/C17H16N2O4S/c1-19-10-15(14-9-18-7-6-12(14)17(19)20)13-8-11(24(3,21)22)4-5-16(13)23-2/h4-10H,1-3H3. The van der Waals surface area contributed by atoms with Gasteiger partial charge in [-0.15, -0.1) is 0 Å². The molecule has 0 amide bonds. The van der Waals surface area contributed by atoms with E-state index in [4.69, 9.17) is 4.74 Å². The Labute approximate surface area is 139 Å². The lowest BCUT2D eigenvalue weighted by molar-refractivity contribution is 0.416. The summed E-state index contributed by atoms with van der Waals surface area (Å²) in [5, 5.41) is 1.15. The van der Waals surface area contributed by atoms with Crippen LogP contribution in [0.15, 0.2) is 52.5 Å². The van der Waals surface area contributed by atoms with Gasteiger partial charge in [-0.2, -0.15) is 0 Å². The first kappa shape index (κ1) is 16.2. The van der Waals surface area contributed by atoms with Crippen LogP contribution in [0.25, 0.3) is 21.9 Å². The van der Waals surface area contributed by atoms with E-state index in [1.54, 1.807) is 43.8 Å². The number of fused-ring (bicyclic) bond motifs is 1. The fourth-order valence-electron chi connectivity index (χ4n) is 2.65. The monoisotopic (exact) mass is 344 g/mol. The highest BCUT2D eigenvalue weighted by Crippen LogP contribution is 2.35. The maximum atomic E-state index is 12.3. The third-order valence-electron chi connectivity index (χ3n) is 3.87. The minimum atomic E-state index is -3.37. The van der Waals surface area contributed by atoms with Crippen molar-refractivity contribution in [1.29, 1.82) is 0 Å². The number of ether oxygens (including phenoxy) is 1. The lowest BCUT2D eigenvalue weighted by Crippen LogP contribution is -2.16. The van der Waals surface area contributed by atoms with Crippen LogP contribution in [0.1, 0.15) is 0 Å². The molecule has 2 aromatic heterocycles. The van der Waals surface area contributed by atoms with Crippen molar-refractivity contribution in [3.63, 3.8) is 0 Å². The molecular formula is C17H16N2O4S. The Morgan fingerprint density at radius 1 is 1.12 bits per heavy atom. The van der Waals surface area contributed by atoms with Crippen molar-refractivity contribution < 1.29 is 13.2 Å². The van der Waals surface area contributed by atoms with Crippen LogP contribution in [0, 0.1) is 0 Å². The van der Waals surface area contributed by atoms with Crippen LogP contribution in [0.3, 0.4) is 0 Å². The maximum absolute atomic E-state index is 12.3. The van der Waals surface area contributed by atoms with E-state index >= 15 is 0 Å². The number of aryl methyl sites for hydroxylation is 1. The second kappa shape index (κ2) is 5.76. The zero-order valence-corrected chi connectivity index (χ0v) is 14.3. The summed E-state index contributed by atoms with van der Waals surface area (Å²) in [4.78, 5) is 16.6. The Bertz CT molecular complexity index is 1100. The summed E-state index contributed by atoms with van der Waals surface area (Å²) in [6.07, 6.45) is 5.96. The topological polar surface area (TPSA) is 78.3 Å². The van der Waals surface area contributed by atoms with Crippen LogP contribution in [0.2, 0.25) is 0 Å². The maximum Gasteiger partial charge on any atom is 0.258 e. The molecule has 0 aliphatic rings. The lowest BCUT2D eigenvalue weighted by Gasteiger charge is -2.14. The lowest BCUT2D eigenvalue weighted by atomic mass is 10.0. The molecule has 3 rings (SSSR count). The van der Waals surface area contributed by atoms with Crippen molar-refractivity contribution >= 4 is 20.6 Å². The van der Waals surface area contributed by atoms with Crippen molar-refractivity contribution in [2.24, 2.45) is 7.05 Å². The Kier molecular flexibility index (Phi) is 3.88. The molecule has 2 heterocycles. The molecule has 0 spiro atoms. The molecule has 24 heavy (non-hydrogen) atoms. The summed E-state index contributed by atoms with van der Waals surface area (Å²) >= 11 is 0. The van der Waals surface area contributed by atoms with Gasteiger partial charge in [0.1, 0.15) is 5.75 Å². The number of rotatable bonds is 3. The molecule has 0 radical (unpaired) electrons. The highest BCUT2D eigenvalue weighted by Gasteiger charge is 2.16. The van der Waals surface area contributed by atoms with Crippen molar-refractivity contribution in [3.8, 4) is 16.9 Å². The van der Waals surface area contributed by atoms with E-state index < -0.39 is 9.84 Å². The molecule has 6 nitrogen and oxygen atoms in total.